The SMILES string of the molecule is Cc1cccc(NC(=O)C(C)NS(=O)(=O)c2cccc(C(F)(F)F)c2)c1. The van der Waals surface area contributed by atoms with Crippen molar-refractivity contribution in [2.45, 2.75) is 31.0 Å². The number of halogens is 3. The van der Waals surface area contributed by atoms with E-state index in [0.717, 1.165) is 23.8 Å². The second kappa shape index (κ2) is 7.46. The molecule has 140 valence electrons. The van der Waals surface area contributed by atoms with Gasteiger partial charge in [0.05, 0.1) is 16.5 Å². The second-order valence-electron chi connectivity index (χ2n) is 5.73. The lowest BCUT2D eigenvalue weighted by Crippen LogP contribution is -2.41. The third-order valence-corrected chi connectivity index (χ3v) is 5.02. The minimum absolute atomic E-state index is 0.486. The Morgan fingerprint density at radius 2 is 1.73 bits per heavy atom. The third kappa shape index (κ3) is 5.06. The maximum atomic E-state index is 12.7. The van der Waals surface area contributed by atoms with E-state index in [2.05, 4.69) is 10.0 Å². The first kappa shape index (κ1) is 19.9. The number of rotatable bonds is 5. The van der Waals surface area contributed by atoms with Crippen LogP contribution in [-0.2, 0) is 21.0 Å². The lowest BCUT2D eigenvalue weighted by molar-refractivity contribution is -0.137. The topological polar surface area (TPSA) is 75.3 Å². The van der Waals surface area contributed by atoms with E-state index < -0.39 is 38.6 Å². The Kier molecular flexibility index (Phi) is 5.72. The van der Waals surface area contributed by atoms with Crippen molar-refractivity contribution in [3.63, 3.8) is 0 Å². The number of aryl methyl sites for hydroxylation is 1. The largest absolute Gasteiger partial charge is 0.416 e. The molecule has 2 rings (SSSR count). The van der Waals surface area contributed by atoms with Gasteiger partial charge in [-0.2, -0.15) is 17.9 Å². The van der Waals surface area contributed by atoms with Gasteiger partial charge in [0.1, 0.15) is 0 Å². The number of benzene rings is 2. The van der Waals surface area contributed by atoms with Crippen molar-refractivity contribution < 1.29 is 26.4 Å². The molecule has 1 unspecified atom stereocenters. The second-order valence-corrected chi connectivity index (χ2v) is 7.44. The molecule has 9 heteroatoms. The van der Waals surface area contributed by atoms with Gasteiger partial charge in [0, 0.05) is 5.69 Å². The number of hydrogen-bond donors (Lipinski definition) is 2. The Balaban J connectivity index is 2.14. The van der Waals surface area contributed by atoms with E-state index in [1.165, 1.54) is 6.92 Å². The highest BCUT2D eigenvalue weighted by Crippen LogP contribution is 2.30. The molecule has 0 saturated heterocycles. The summed E-state index contributed by atoms with van der Waals surface area (Å²) in [6, 6.07) is 9.02. The quantitative estimate of drug-likeness (QED) is 0.828. The summed E-state index contributed by atoms with van der Waals surface area (Å²) in [5.74, 6) is -0.633. The third-order valence-electron chi connectivity index (χ3n) is 3.48. The molecule has 1 amide bonds. The summed E-state index contributed by atoms with van der Waals surface area (Å²) in [5, 5.41) is 2.55. The minimum Gasteiger partial charge on any atom is -0.325 e. The summed E-state index contributed by atoms with van der Waals surface area (Å²) >= 11 is 0. The van der Waals surface area contributed by atoms with Crippen molar-refractivity contribution in [2.24, 2.45) is 0 Å². The Labute approximate surface area is 149 Å². The van der Waals surface area contributed by atoms with Crippen LogP contribution >= 0.6 is 0 Å². The predicted octanol–water partition coefficient (Wildman–Crippen LogP) is 3.32. The molecule has 2 aromatic rings. The highest BCUT2D eigenvalue weighted by molar-refractivity contribution is 7.89. The Morgan fingerprint density at radius 1 is 1.08 bits per heavy atom. The lowest BCUT2D eigenvalue weighted by Gasteiger charge is -2.15. The summed E-state index contributed by atoms with van der Waals surface area (Å²) in [4.78, 5) is 11.6. The van der Waals surface area contributed by atoms with Gasteiger partial charge in [-0.05, 0) is 49.7 Å². The minimum atomic E-state index is -4.67. The Bertz CT molecular complexity index is 911. The van der Waals surface area contributed by atoms with Crippen LogP contribution in [0.5, 0.6) is 0 Å². The van der Waals surface area contributed by atoms with Crippen LogP contribution in [-0.4, -0.2) is 20.4 Å². The zero-order valence-electron chi connectivity index (χ0n) is 14.0. The lowest BCUT2D eigenvalue weighted by atomic mass is 10.2. The van der Waals surface area contributed by atoms with Crippen LogP contribution in [0.15, 0.2) is 53.4 Å². The van der Waals surface area contributed by atoms with E-state index in [1.54, 1.807) is 18.2 Å². The molecule has 0 aliphatic carbocycles. The summed E-state index contributed by atoms with van der Waals surface area (Å²) in [7, 11) is -4.30. The smallest absolute Gasteiger partial charge is 0.325 e. The average molecular weight is 386 g/mol. The summed E-state index contributed by atoms with van der Waals surface area (Å²) < 4.78 is 64.9. The molecule has 0 bridgehead atoms. The maximum absolute atomic E-state index is 12.7. The molecule has 0 radical (unpaired) electrons. The molecule has 0 saturated carbocycles. The van der Waals surface area contributed by atoms with E-state index in [4.69, 9.17) is 0 Å². The maximum Gasteiger partial charge on any atom is 0.416 e. The van der Waals surface area contributed by atoms with E-state index in [9.17, 15) is 26.4 Å². The summed E-state index contributed by atoms with van der Waals surface area (Å²) in [6.07, 6.45) is -4.67. The van der Waals surface area contributed by atoms with Crippen molar-refractivity contribution in [1.29, 1.82) is 0 Å². The van der Waals surface area contributed by atoms with Gasteiger partial charge in [0.25, 0.3) is 0 Å². The normalized spacial score (nSPS) is 13.3. The molecular formula is C17H17F3N2O3S. The van der Waals surface area contributed by atoms with E-state index in [1.807, 2.05) is 13.0 Å². The number of hydrogen-bond acceptors (Lipinski definition) is 3. The van der Waals surface area contributed by atoms with Gasteiger partial charge in [-0.25, -0.2) is 8.42 Å². The van der Waals surface area contributed by atoms with E-state index in [0.29, 0.717) is 11.8 Å². The van der Waals surface area contributed by atoms with Crippen LogP contribution in [0.3, 0.4) is 0 Å². The number of carbonyl (C=O) groups is 1. The van der Waals surface area contributed by atoms with Gasteiger partial charge in [0.2, 0.25) is 15.9 Å². The molecule has 0 spiro atoms. The molecule has 0 aliphatic rings. The molecule has 2 N–H and O–H groups in total. The fraction of sp³-hybridized carbons (Fsp3) is 0.235. The molecule has 5 nitrogen and oxygen atoms in total. The summed E-state index contributed by atoms with van der Waals surface area (Å²) in [6.45, 7) is 3.13. The van der Waals surface area contributed by atoms with Crippen LogP contribution in [0, 0.1) is 6.92 Å². The fourth-order valence-corrected chi connectivity index (χ4v) is 3.42. The standard InChI is InChI=1S/C17H17F3N2O3S/c1-11-5-3-7-14(9-11)21-16(23)12(2)22-26(24,25)15-8-4-6-13(10-15)17(18,19)20/h3-10,12,22H,1-2H3,(H,21,23). The van der Waals surface area contributed by atoms with Crippen molar-refractivity contribution in [1.82, 2.24) is 4.72 Å². The van der Waals surface area contributed by atoms with Crippen molar-refractivity contribution in [2.75, 3.05) is 5.32 Å². The van der Waals surface area contributed by atoms with Crippen LogP contribution in [0.2, 0.25) is 0 Å². The first-order chi connectivity index (χ1) is 12.0. The van der Waals surface area contributed by atoms with Gasteiger partial charge < -0.3 is 5.32 Å². The molecule has 0 aromatic heterocycles. The highest BCUT2D eigenvalue weighted by atomic mass is 32.2. The number of sulfonamides is 1. The predicted molar refractivity (Wildman–Crippen MR) is 91.0 cm³/mol. The average Bonchev–Trinajstić information content (AvgIpc) is 2.53. The molecule has 26 heavy (non-hydrogen) atoms. The van der Waals surface area contributed by atoms with E-state index >= 15 is 0 Å². The number of nitrogens with one attached hydrogen (secondary N) is 2. The monoisotopic (exact) mass is 386 g/mol. The summed E-state index contributed by atoms with van der Waals surface area (Å²) in [5.41, 5.74) is 0.303. The van der Waals surface area contributed by atoms with Crippen molar-refractivity contribution >= 4 is 21.6 Å². The highest BCUT2D eigenvalue weighted by Gasteiger charge is 2.32. The van der Waals surface area contributed by atoms with Crippen molar-refractivity contribution in [3.05, 3.63) is 59.7 Å². The van der Waals surface area contributed by atoms with Gasteiger partial charge >= 0.3 is 6.18 Å². The number of carbonyl (C=O) groups excluding carboxylic acids is 1. The molecule has 2 aromatic carbocycles. The molecule has 0 heterocycles. The first-order valence-electron chi connectivity index (χ1n) is 7.56. The van der Waals surface area contributed by atoms with Crippen LogP contribution in [0.25, 0.3) is 0 Å². The molecule has 0 aliphatic heterocycles. The zero-order chi connectivity index (χ0) is 19.5. The van der Waals surface area contributed by atoms with Crippen LogP contribution in [0.1, 0.15) is 18.1 Å². The van der Waals surface area contributed by atoms with Gasteiger partial charge in [0.15, 0.2) is 0 Å². The van der Waals surface area contributed by atoms with Crippen molar-refractivity contribution in [3.8, 4) is 0 Å². The molecular weight excluding hydrogens is 369 g/mol. The fourth-order valence-electron chi connectivity index (χ4n) is 2.17. The molecule has 0 fully saturated rings. The zero-order valence-corrected chi connectivity index (χ0v) is 14.8. The van der Waals surface area contributed by atoms with Crippen LogP contribution in [0.4, 0.5) is 18.9 Å². The van der Waals surface area contributed by atoms with Gasteiger partial charge in [-0.3, -0.25) is 4.79 Å². The Morgan fingerprint density at radius 3 is 2.35 bits per heavy atom. The number of anilines is 1. The first-order valence-corrected chi connectivity index (χ1v) is 9.04. The van der Waals surface area contributed by atoms with E-state index in [-0.39, 0.29) is 0 Å². The van der Waals surface area contributed by atoms with Gasteiger partial charge in [-0.1, -0.05) is 18.2 Å². The molecule has 1 atom stereocenters. The number of amides is 1. The number of alkyl halides is 3. The van der Waals surface area contributed by atoms with Crippen LogP contribution < -0.4 is 10.0 Å². The Hall–Kier alpha value is -2.39. The van der Waals surface area contributed by atoms with Gasteiger partial charge in [-0.15, -0.1) is 0 Å².